The number of aliphatic hydroxyl groups is 1. The van der Waals surface area contributed by atoms with Crippen LogP contribution in [0.2, 0.25) is 0 Å². The molecule has 0 fully saturated rings. The fourth-order valence-corrected chi connectivity index (χ4v) is 2.81. The first-order valence-electron chi connectivity index (χ1n) is 7.87. The van der Waals surface area contributed by atoms with Gasteiger partial charge >= 0.3 is 0 Å². The molecule has 6 heteroatoms. The standard InChI is InChI=1S/C18H19N3O3/c1-10(2)17-19-16(14(23)9-22)12-8-15(24)21(18(12)20-17)13-7-5-4-6-11(13)3/h4-7,10,22H,8-9H2,1-3H3. The maximum absolute atomic E-state index is 12.6. The Bertz CT molecular complexity index is 830. The van der Waals surface area contributed by atoms with Crippen molar-refractivity contribution in [2.24, 2.45) is 0 Å². The van der Waals surface area contributed by atoms with Gasteiger partial charge in [0.25, 0.3) is 0 Å². The van der Waals surface area contributed by atoms with Crippen molar-refractivity contribution in [3.05, 3.63) is 46.9 Å². The van der Waals surface area contributed by atoms with E-state index in [2.05, 4.69) is 9.97 Å². The Morgan fingerprint density at radius 3 is 2.62 bits per heavy atom. The van der Waals surface area contributed by atoms with E-state index in [0.29, 0.717) is 17.2 Å². The van der Waals surface area contributed by atoms with Crippen LogP contribution in [0.1, 0.15) is 47.2 Å². The highest BCUT2D eigenvalue weighted by molar-refractivity contribution is 6.10. The molecule has 124 valence electrons. The zero-order chi connectivity index (χ0) is 17.4. The van der Waals surface area contributed by atoms with Crippen LogP contribution in [0.15, 0.2) is 24.3 Å². The number of para-hydroxylation sites is 1. The molecule has 2 aromatic rings. The van der Waals surface area contributed by atoms with Gasteiger partial charge in [0, 0.05) is 11.5 Å². The largest absolute Gasteiger partial charge is 0.388 e. The Morgan fingerprint density at radius 2 is 2.00 bits per heavy atom. The third-order valence-corrected chi connectivity index (χ3v) is 4.07. The van der Waals surface area contributed by atoms with Crippen molar-refractivity contribution in [2.45, 2.75) is 33.1 Å². The van der Waals surface area contributed by atoms with E-state index < -0.39 is 12.4 Å². The van der Waals surface area contributed by atoms with Crippen LogP contribution in [-0.2, 0) is 11.2 Å². The zero-order valence-corrected chi connectivity index (χ0v) is 13.9. The van der Waals surface area contributed by atoms with Crippen LogP contribution in [0.25, 0.3) is 0 Å². The van der Waals surface area contributed by atoms with E-state index >= 15 is 0 Å². The molecule has 1 aromatic carbocycles. The second-order valence-electron chi connectivity index (χ2n) is 6.16. The SMILES string of the molecule is Cc1ccccc1N1C(=O)Cc2c(C(=O)CO)nc(C(C)C)nc21. The smallest absolute Gasteiger partial charge is 0.237 e. The number of hydrogen-bond acceptors (Lipinski definition) is 5. The molecular weight excluding hydrogens is 306 g/mol. The number of anilines is 2. The molecule has 0 aliphatic carbocycles. The van der Waals surface area contributed by atoms with Gasteiger partial charge in [-0.1, -0.05) is 32.0 Å². The summed E-state index contributed by atoms with van der Waals surface area (Å²) in [7, 11) is 0. The Labute approximate surface area is 140 Å². The van der Waals surface area contributed by atoms with Crippen molar-refractivity contribution >= 4 is 23.2 Å². The minimum atomic E-state index is -0.639. The van der Waals surface area contributed by atoms with Crippen molar-refractivity contribution in [3.63, 3.8) is 0 Å². The van der Waals surface area contributed by atoms with Gasteiger partial charge < -0.3 is 5.11 Å². The fourth-order valence-electron chi connectivity index (χ4n) is 2.81. The zero-order valence-electron chi connectivity index (χ0n) is 13.9. The molecule has 1 aliphatic heterocycles. The van der Waals surface area contributed by atoms with Gasteiger partial charge in [-0.3, -0.25) is 14.5 Å². The molecule has 0 saturated carbocycles. The van der Waals surface area contributed by atoms with Crippen molar-refractivity contribution < 1.29 is 14.7 Å². The number of carbonyl (C=O) groups is 2. The summed E-state index contributed by atoms with van der Waals surface area (Å²) in [6.07, 6.45) is 0.0586. The summed E-state index contributed by atoms with van der Waals surface area (Å²) in [6, 6.07) is 7.54. The molecule has 0 spiro atoms. The number of aliphatic hydroxyl groups excluding tert-OH is 1. The number of nitrogens with zero attached hydrogens (tertiary/aromatic N) is 3. The normalized spacial score (nSPS) is 13.5. The lowest BCUT2D eigenvalue weighted by molar-refractivity contribution is -0.116. The molecule has 1 amide bonds. The maximum atomic E-state index is 12.6. The summed E-state index contributed by atoms with van der Waals surface area (Å²) >= 11 is 0. The minimum Gasteiger partial charge on any atom is -0.388 e. The molecular formula is C18H19N3O3. The van der Waals surface area contributed by atoms with Crippen LogP contribution in [0, 0.1) is 6.92 Å². The van der Waals surface area contributed by atoms with Gasteiger partial charge in [0.15, 0.2) is 0 Å². The third kappa shape index (κ3) is 2.59. The molecule has 2 heterocycles. The molecule has 0 saturated heterocycles. The summed E-state index contributed by atoms with van der Waals surface area (Å²) in [6.45, 7) is 5.12. The Balaban J connectivity index is 2.24. The number of carbonyl (C=O) groups excluding carboxylic acids is 2. The predicted molar refractivity (Wildman–Crippen MR) is 89.6 cm³/mol. The number of Topliss-reactive ketones (excluding diaryl/α,β-unsaturated/α-hetero) is 1. The lowest BCUT2D eigenvalue weighted by atomic mass is 10.1. The molecule has 0 atom stereocenters. The quantitative estimate of drug-likeness (QED) is 0.872. The molecule has 3 rings (SSSR count). The second-order valence-corrected chi connectivity index (χ2v) is 6.16. The van der Waals surface area contributed by atoms with Crippen LogP contribution in [0.4, 0.5) is 11.5 Å². The van der Waals surface area contributed by atoms with Crippen LogP contribution < -0.4 is 4.90 Å². The first-order valence-corrected chi connectivity index (χ1v) is 7.87. The van der Waals surface area contributed by atoms with Crippen LogP contribution in [0.3, 0.4) is 0 Å². The van der Waals surface area contributed by atoms with Crippen LogP contribution >= 0.6 is 0 Å². The van der Waals surface area contributed by atoms with Crippen LogP contribution in [-0.4, -0.2) is 33.4 Å². The second kappa shape index (κ2) is 6.13. The van der Waals surface area contributed by atoms with Gasteiger partial charge in [-0.05, 0) is 18.6 Å². The number of amides is 1. The lowest BCUT2D eigenvalue weighted by Gasteiger charge is -2.20. The highest BCUT2D eigenvalue weighted by Gasteiger charge is 2.35. The van der Waals surface area contributed by atoms with E-state index in [9.17, 15) is 14.7 Å². The lowest BCUT2D eigenvalue weighted by Crippen LogP contribution is -2.22. The van der Waals surface area contributed by atoms with Gasteiger partial charge in [0.2, 0.25) is 11.7 Å². The van der Waals surface area contributed by atoms with Gasteiger partial charge in [-0.2, -0.15) is 0 Å². The van der Waals surface area contributed by atoms with Gasteiger partial charge in [-0.15, -0.1) is 0 Å². The fraction of sp³-hybridized carbons (Fsp3) is 0.333. The maximum Gasteiger partial charge on any atom is 0.237 e. The number of ketones is 1. The van der Waals surface area contributed by atoms with E-state index in [0.717, 1.165) is 11.3 Å². The molecule has 0 bridgehead atoms. The average molecular weight is 325 g/mol. The van der Waals surface area contributed by atoms with E-state index in [-0.39, 0.29) is 23.9 Å². The molecule has 6 nitrogen and oxygen atoms in total. The first kappa shape index (κ1) is 16.3. The summed E-state index contributed by atoms with van der Waals surface area (Å²) < 4.78 is 0. The molecule has 1 aliphatic rings. The van der Waals surface area contributed by atoms with E-state index in [1.807, 2.05) is 45.0 Å². The van der Waals surface area contributed by atoms with Crippen LogP contribution in [0.5, 0.6) is 0 Å². The van der Waals surface area contributed by atoms with Crippen molar-refractivity contribution in [1.82, 2.24) is 9.97 Å². The topological polar surface area (TPSA) is 83.4 Å². The molecule has 24 heavy (non-hydrogen) atoms. The highest BCUT2D eigenvalue weighted by atomic mass is 16.3. The summed E-state index contributed by atoms with van der Waals surface area (Å²) in [5.41, 5.74) is 2.33. The van der Waals surface area contributed by atoms with Crippen molar-refractivity contribution in [1.29, 1.82) is 0 Å². The van der Waals surface area contributed by atoms with Crippen molar-refractivity contribution in [2.75, 3.05) is 11.5 Å². The van der Waals surface area contributed by atoms with Crippen molar-refractivity contribution in [3.8, 4) is 0 Å². The van der Waals surface area contributed by atoms with E-state index in [4.69, 9.17) is 0 Å². The number of benzene rings is 1. The molecule has 0 unspecified atom stereocenters. The predicted octanol–water partition coefficient (Wildman–Crippen LogP) is 2.30. The summed E-state index contributed by atoms with van der Waals surface area (Å²) in [5, 5.41) is 9.23. The Hall–Kier alpha value is -2.60. The molecule has 1 aromatic heterocycles. The number of rotatable bonds is 4. The van der Waals surface area contributed by atoms with Gasteiger partial charge in [-0.25, -0.2) is 9.97 Å². The molecule has 1 N–H and O–H groups in total. The highest BCUT2D eigenvalue weighted by Crippen LogP contribution is 2.37. The summed E-state index contributed by atoms with van der Waals surface area (Å²) in [5.74, 6) is 0.287. The van der Waals surface area contributed by atoms with Gasteiger partial charge in [0.05, 0.1) is 12.1 Å². The van der Waals surface area contributed by atoms with E-state index in [1.165, 1.54) is 0 Å². The van der Waals surface area contributed by atoms with E-state index in [1.54, 1.807) is 4.90 Å². The number of aromatic nitrogens is 2. The number of fused-ring (bicyclic) bond motifs is 1. The number of hydrogen-bond donors (Lipinski definition) is 1. The number of aryl methyl sites for hydroxylation is 1. The van der Waals surface area contributed by atoms with Gasteiger partial charge in [0.1, 0.15) is 23.9 Å². The molecule has 0 radical (unpaired) electrons. The average Bonchev–Trinajstić information content (AvgIpc) is 2.89. The Kier molecular flexibility index (Phi) is 4.15. The Morgan fingerprint density at radius 1 is 1.29 bits per heavy atom. The third-order valence-electron chi connectivity index (χ3n) is 4.07. The summed E-state index contributed by atoms with van der Waals surface area (Å²) in [4.78, 5) is 35.1. The monoisotopic (exact) mass is 325 g/mol. The first-order chi connectivity index (χ1) is 11.4. The minimum absolute atomic E-state index is 0.00466.